The van der Waals surface area contributed by atoms with Gasteiger partial charge in [0.15, 0.2) is 6.19 Å². The molecule has 0 bridgehead atoms. The fourth-order valence-electron chi connectivity index (χ4n) is 3.87. The smallest absolute Gasteiger partial charge is 0.416 e. The lowest BCUT2D eigenvalue weighted by Crippen LogP contribution is -2.39. The molecule has 38 heavy (non-hydrogen) atoms. The molecule has 0 unspecified atom stereocenters. The molecule has 2 aromatic carbocycles. The summed E-state index contributed by atoms with van der Waals surface area (Å²) >= 11 is 0. The molecule has 8 nitrogen and oxygen atoms in total. The maximum absolute atomic E-state index is 13.7. The van der Waals surface area contributed by atoms with Crippen LogP contribution in [0.4, 0.5) is 13.2 Å². The van der Waals surface area contributed by atoms with Crippen LogP contribution >= 0.6 is 0 Å². The molecular weight excluding hydrogens is 499 g/mol. The Kier molecular flexibility index (Phi) is 9.27. The van der Waals surface area contributed by atoms with Crippen LogP contribution in [0.15, 0.2) is 65.8 Å². The SMILES string of the molecule is CCN(Cc1cc(C(F)(F)F)ccc1-c1cc(CC(=O)O)ccc1OC)/C(=N\Cc1ccccn1)NC#N. The van der Waals surface area contributed by atoms with Gasteiger partial charge < -0.3 is 14.7 Å². The van der Waals surface area contributed by atoms with Crippen molar-refractivity contribution < 1.29 is 27.8 Å². The number of nitrogens with zero attached hydrogens (tertiary/aromatic N) is 4. The van der Waals surface area contributed by atoms with Gasteiger partial charge in [0, 0.05) is 24.8 Å². The zero-order valence-corrected chi connectivity index (χ0v) is 20.8. The first-order valence-corrected chi connectivity index (χ1v) is 11.6. The fraction of sp³-hybridized carbons (Fsp3) is 0.259. The number of guanidine groups is 1. The quantitative estimate of drug-likeness (QED) is 0.178. The highest BCUT2D eigenvalue weighted by Crippen LogP contribution is 2.38. The number of nitriles is 1. The number of pyridine rings is 1. The van der Waals surface area contributed by atoms with E-state index in [1.54, 1.807) is 54.4 Å². The molecule has 1 aromatic heterocycles. The van der Waals surface area contributed by atoms with Crippen LogP contribution < -0.4 is 10.1 Å². The van der Waals surface area contributed by atoms with Crippen LogP contribution in [0.25, 0.3) is 11.1 Å². The second-order valence-corrected chi connectivity index (χ2v) is 8.19. The molecule has 0 aliphatic heterocycles. The number of methoxy groups -OCH3 is 1. The predicted molar refractivity (Wildman–Crippen MR) is 135 cm³/mol. The predicted octanol–water partition coefficient (Wildman–Crippen LogP) is 4.85. The average Bonchev–Trinajstić information content (AvgIpc) is 2.89. The number of aliphatic carboxylic acids is 1. The first-order valence-electron chi connectivity index (χ1n) is 11.6. The van der Waals surface area contributed by atoms with Gasteiger partial charge in [-0.3, -0.25) is 15.1 Å². The zero-order valence-electron chi connectivity index (χ0n) is 20.8. The molecule has 0 fully saturated rings. The summed E-state index contributed by atoms with van der Waals surface area (Å²) < 4.78 is 46.5. The first-order chi connectivity index (χ1) is 18.2. The van der Waals surface area contributed by atoms with E-state index in [9.17, 15) is 28.3 Å². The minimum atomic E-state index is -4.58. The van der Waals surface area contributed by atoms with Crippen LogP contribution in [0, 0.1) is 11.5 Å². The molecule has 0 saturated heterocycles. The second-order valence-electron chi connectivity index (χ2n) is 8.19. The van der Waals surface area contributed by atoms with E-state index in [1.165, 1.54) is 13.2 Å². The number of carboxylic acid groups (broad SMARTS) is 1. The normalized spacial score (nSPS) is 11.5. The summed E-state index contributed by atoms with van der Waals surface area (Å²) in [5.41, 5.74) is 1.45. The van der Waals surface area contributed by atoms with Crippen molar-refractivity contribution >= 4 is 11.9 Å². The molecule has 0 spiro atoms. The summed E-state index contributed by atoms with van der Waals surface area (Å²) in [6.45, 7) is 2.23. The van der Waals surface area contributed by atoms with Crippen molar-refractivity contribution in [3.63, 3.8) is 0 Å². The summed E-state index contributed by atoms with van der Waals surface area (Å²) in [6, 6.07) is 13.5. The van der Waals surface area contributed by atoms with E-state index in [0.29, 0.717) is 34.7 Å². The number of halogens is 3. The summed E-state index contributed by atoms with van der Waals surface area (Å²) in [6.07, 6.45) is -1.40. The van der Waals surface area contributed by atoms with Crippen LogP contribution in [0.1, 0.15) is 29.3 Å². The average molecular weight is 526 g/mol. The number of hydrogen-bond donors (Lipinski definition) is 2. The standard InChI is InChI=1S/C27H26F3N5O3/c1-3-35(26(34-17-31)33-15-21-6-4-5-11-32-21)16-19-14-20(27(28,29)30)8-9-22(19)23-12-18(13-25(36)37)7-10-24(23)38-2/h4-12,14H,3,13,15-16H2,1-2H3,(H,33,34)(H,36,37). The van der Waals surface area contributed by atoms with Gasteiger partial charge >= 0.3 is 12.1 Å². The first kappa shape index (κ1) is 28.0. The van der Waals surface area contributed by atoms with Gasteiger partial charge in [0.25, 0.3) is 0 Å². The Labute approximate surface area is 218 Å². The summed E-state index contributed by atoms with van der Waals surface area (Å²) in [4.78, 5) is 21.5. The topological polar surface area (TPSA) is 111 Å². The minimum absolute atomic E-state index is 0.0300. The Morgan fingerprint density at radius 2 is 1.97 bits per heavy atom. The highest BCUT2D eigenvalue weighted by Gasteiger charge is 2.31. The number of aromatic nitrogens is 1. The number of hydrogen-bond acceptors (Lipinski definition) is 5. The Morgan fingerprint density at radius 3 is 2.58 bits per heavy atom. The van der Waals surface area contributed by atoms with Crippen molar-refractivity contribution in [2.75, 3.05) is 13.7 Å². The Morgan fingerprint density at radius 1 is 1.18 bits per heavy atom. The molecule has 1 heterocycles. The number of benzene rings is 2. The van der Waals surface area contributed by atoms with Crippen LogP contribution in [0.2, 0.25) is 0 Å². The van der Waals surface area contributed by atoms with Crippen molar-refractivity contribution in [3.8, 4) is 23.1 Å². The highest BCUT2D eigenvalue weighted by molar-refractivity contribution is 5.82. The van der Waals surface area contributed by atoms with Gasteiger partial charge in [-0.2, -0.15) is 18.4 Å². The van der Waals surface area contributed by atoms with Crippen molar-refractivity contribution in [3.05, 3.63) is 83.2 Å². The number of aliphatic imine (C=N–C) groups is 1. The lowest BCUT2D eigenvalue weighted by atomic mass is 9.94. The van der Waals surface area contributed by atoms with Crippen molar-refractivity contribution in [2.45, 2.75) is 32.6 Å². The van der Waals surface area contributed by atoms with Crippen molar-refractivity contribution in [2.24, 2.45) is 4.99 Å². The van der Waals surface area contributed by atoms with E-state index in [4.69, 9.17) is 4.74 Å². The molecule has 2 N–H and O–H groups in total. The van der Waals surface area contributed by atoms with Gasteiger partial charge in [-0.25, -0.2) is 4.99 Å². The molecule has 0 saturated carbocycles. The lowest BCUT2D eigenvalue weighted by molar-refractivity contribution is -0.138. The van der Waals surface area contributed by atoms with Gasteiger partial charge in [-0.15, -0.1) is 0 Å². The van der Waals surface area contributed by atoms with Crippen LogP contribution in [-0.2, 0) is 30.5 Å². The molecule has 0 radical (unpaired) electrons. The molecule has 198 valence electrons. The summed E-state index contributed by atoms with van der Waals surface area (Å²) in [5.74, 6) is -0.486. The number of rotatable bonds is 9. The molecule has 0 aliphatic carbocycles. The number of carboxylic acids is 1. The lowest BCUT2D eigenvalue weighted by Gasteiger charge is -2.26. The van der Waals surface area contributed by atoms with E-state index in [2.05, 4.69) is 15.3 Å². The fourth-order valence-corrected chi connectivity index (χ4v) is 3.87. The Bertz CT molecular complexity index is 1340. The van der Waals surface area contributed by atoms with E-state index in [1.807, 2.05) is 6.19 Å². The van der Waals surface area contributed by atoms with Gasteiger partial charge in [0.1, 0.15) is 5.75 Å². The maximum atomic E-state index is 13.7. The number of nitrogens with one attached hydrogen (secondary N) is 1. The van der Waals surface area contributed by atoms with Gasteiger partial charge in [-0.05, 0) is 60.0 Å². The minimum Gasteiger partial charge on any atom is -0.496 e. The second kappa shape index (κ2) is 12.6. The number of alkyl halides is 3. The molecule has 3 rings (SSSR count). The molecule has 0 aliphatic rings. The molecule has 0 amide bonds. The van der Waals surface area contributed by atoms with E-state index in [-0.39, 0.29) is 31.0 Å². The summed E-state index contributed by atoms with van der Waals surface area (Å²) in [7, 11) is 1.43. The van der Waals surface area contributed by atoms with E-state index >= 15 is 0 Å². The van der Waals surface area contributed by atoms with Crippen LogP contribution in [0.5, 0.6) is 5.75 Å². The third-order valence-electron chi connectivity index (χ3n) is 5.67. The summed E-state index contributed by atoms with van der Waals surface area (Å²) in [5, 5.41) is 21.0. The van der Waals surface area contributed by atoms with Gasteiger partial charge in [0.2, 0.25) is 5.96 Å². The van der Waals surface area contributed by atoms with Gasteiger partial charge in [-0.1, -0.05) is 18.2 Å². The molecular formula is C27H26F3N5O3. The molecule has 0 atom stereocenters. The monoisotopic (exact) mass is 525 g/mol. The third kappa shape index (κ3) is 7.22. The van der Waals surface area contributed by atoms with Crippen molar-refractivity contribution in [1.82, 2.24) is 15.2 Å². The number of ether oxygens (including phenoxy) is 1. The third-order valence-corrected chi connectivity index (χ3v) is 5.67. The Hall–Kier alpha value is -4.59. The molecule has 3 aromatic rings. The van der Waals surface area contributed by atoms with E-state index < -0.39 is 17.7 Å². The Balaban J connectivity index is 2.10. The van der Waals surface area contributed by atoms with Crippen molar-refractivity contribution in [1.29, 1.82) is 5.26 Å². The van der Waals surface area contributed by atoms with E-state index in [0.717, 1.165) is 12.1 Å². The maximum Gasteiger partial charge on any atom is 0.416 e. The number of carbonyl (C=O) groups is 1. The van der Waals surface area contributed by atoms with Crippen LogP contribution in [-0.4, -0.2) is 40.6 Å². The van der Waals surface area contributed by atoms with Crippen LogP contribution in [0.3, 0.4) is 0 Å². The molecule has 11 heteroatoms. The zero-order chi connectivity index (χ0) is 27.7. The van der Waals surface area contributed by atoms with Gasteiger partial charge in [0.05, 0.1) is 31.3 Å². The largest absolute Gasteiger partial charge is 0.496 e. The highest BCUT2D eigenvalue weighted by atomic mass is 19.4.